The summed E-state index contributed by atoms with van der Waals surface area (Å²) in [6, 6.07) is 8.14. The highest BCUT2D eigenvalue weighted by atomic mass is 32.1. The van der Waals surface area contributed by atoms with Crippen LogP contribution >= 0.6 is 11.3 Å². The number of carbonyl (C=O) groups is 1. The summed E-state index contributed by atoms with van der Waals surface area (Å²) in [6.07, 6.45) is 6.64. The summed E-state index contributed by atoms with van der Waals surface area (Å²) >= 11 is 1.67. The van der Waals surface area contributed by atoms with Crippen LogP contribution in [-0.2, 0) is 0 Å². The number of rotatable bonds is 4. The van der Waals surface area contributed by atoms with Crippen molar-refractivity contribution < 1.29 is 4.79 Å². The van der Waals surface area contributed by atoms with Gasteiger partial charge in [0.15, 0.2) is 5.78 Å². The Hall–Kier alpha value is -1.19. The normalized spacial score (nSPS) is 18.2. The molecule has 0 radical (unpaired) electrons. The van der Waals surface area contributed by atoms with Gasteiger partial charge in [0.1, 0.15) is 0 Å². The quantitative estimate of drug-likeness (QED) is 0.845. The Balaban J connectivity index is 1.87. The molecule has 0 atom stereocenters. The van der Waals surface area contributed by atoms with Crippen molar-refractivity contribution in [3.63, 3.8) is 0 Å². The molecule has 20 heavy (non-hydrogen) atoms. The molecule has 0 bridgehead atoms. The summed E-state index contributed by atoms with van der Waals surface area (Å²) in [6.45, 7) is 0. The Morgan fingerprint density at radius 3 is 2.80 bits per heavy atom. The molecule has 2 nitrogen and oxygen atoms in total. The lowest BCUT2D eigenvalue weighted by molar-refractivity contribution is 0.0916. The number of benzene rings is 1. The summed E-state index contributed by atoms with van der Waals surface area (Å²) in [5.74, 6) is 0.286. The van der Waals surface area contributed by atoms with Crippen molar-refractivity contribution in [1.29, 1.82) is 0 Å². The molecule has 0 amide bonds. The fraction of sp³-hybridized carbons (Fsp3) is 0.471. The molecular weight excluding hydrogens is 266 g/mol. The van der Waals surface area contributed by atoms with E-state index in [0.717, 1.165) is 23.1 Å². The molecule has 3 heteroatoms. The Bertz CT molecular complexity index is 610. The van der Waals surface area contributed by atoms with Crippen molar-refractivity contribution >= 4 is 27.2 Å². The summed E-state index contributed by atoms with van der Waals surface area (Å²) in [5.41, 5.74) is 0.923. The minimum Gasteiger partial charge on any atom is -0.314 e. The highest BCUT2D eigenvalue weighted by molar-refractivity contribution is 7.17. The SMILES string of the molecule is CNC1(CC(=O)c2cccc3ccsc23)CCCCC1. The molecule has 0 aliphatic heterocycles. The van der Waals surface area contributed by atoms with E-state index in [1.807, 2.05) is 19.2 Å². The highest BCUT2D eigenvalue weighted by Gasteiger charge is 2.33. The molecule has 1 aliphatic carbocycles. The zero-order chi connectivity index (χ0) is 14.0. The third-order valence-electron chi connectivity index (χ3n) is 4.62. The monoisotopic (exact) mass is 287 g/mol. The van der Waals surface area contributed by atoms with E-state index in [1.165, 1.54) is 24.6 Å². The minimum absolute atomic E-state index is 0.0226. The van der Waals surface area contributed by atoms with Crippen LogP contribution < -0.4 is 5.32 Å². The zero-order valence-electron chi connectivity index (χ0n) is 11.9. The molecule has 2 aromatic rings. The lowest BCUT2D eigenvalue weighted by Gasteiger charge is -2.36. The number of ketones is 1. The van der Waals surface area contributed by atoms with Gasteiger partial charge in [-0.3, -0.25) is 4.79 Å². The first-order valence-electron chi connectivity index (χ1n) is 7.42. The van der Waals surface area contributed by atoms with Crippen molar-refractivity contribution in [2.45, 2.75) is 44.1 Å². The number of hydrogen-bond donors (Lipinski definition) is 1. The molecule has 1 fully saturated rings. The standard InChI is InChI=1S/C17H21NOS/c1-18-17(9-3-2-4-10-17)12-15(19)14-7-5-6-13-8-11-20-16(13)14/h5-8,11,18H,2-4,9-10,12H2,1H3. The third kappa shape index (κ3) is 2.52. The zero-order valence-corrected chi connectivity index (χ0v) is 12.8. The molecule has 0 spiro atoms. The topological polar surface area (TPSA) is 29.1 Å². The maximum atomic E-state index is 12.8. The Labute approximate surface area is 124 Å². The summed E-state index contributed by atoms with van der Waals surface area (Å²) in [4.78, 5) is 12.8. The summed E-state index contributed by atoms with van der Waals surface area (Å²) < 4.78 is 1.14. The van der Waals surface area contributed by atoms with E-state index in [2.05, 4.69) is 22.8 Å². The van der Waals surface area contributed by atoms with Gasteiger partial charge in [0.25, 0.3) is 0 Å². The van der Waals surface area contributed by atoms with Gasteiger partial charge in [0, 0.05) is 22.2 Å². The number of carbonyl (C=O) groups excluding carboxylic acids is 1. The van der Waals surface area contributed by atoms with Gasteiger partial charge in [-0.25, -0.2) is 0 Å². The lowest BCUT2D eigenvalue weighted by atomic mass is 9.77. The summed E-state index contributed by atoms with van der Waals surface area (Å²) in [5, 5.41) is 6.69. The fourth-order valence-electron chi connectivity index (χ4n) is 3.36. The number of fused-ring (bicyclic) bond motifs is 1. The Kier molecular flexibility index (Phi) is 3.90. The number of hydrogen-bond acceptors (Lipinski definition) is 3. The van der Waals surface area contributed by atoms with E-state index in [4.69, 9.17) is 0 Å². The van der Waals surface area contributed by atoms with E-state index >= 15 is 0 Å². The van der Waals surface area contributed by atoms with Gasteiger partial charge in [-0.05, 0) is 42.8 Å². The Morgan fingerprint density at radius 2 is 2.05 bits per heavy atom. The van der Waals surface area contributed by atoms with Crippen LogP contribution in [-0.4, -0.2) is 18.4 Å². The molecule has 3 rings (SSSR count). The van der Waals surface area contributed by atoms with Crippen LogP contribution in [0.2, 0.25) is 0 Å². The molecule has 1 aromatic carbocycles. The second-order valence-electron chi connectivity index (χ2n) is 5.84. The second-order valence-corrected chi connectivity index (χ2v) is 6.75. The molecule has 106 valence electrons. The maximum Gasteiger partial charge on any atom is 0.166 e. The lowest BCUT2D eigenvalue weighted by Crippen LogP contribution is -2.46. The Morgan fingerprint density at radius 1 is 1.25 bits per heavy atom. The number of Topliss-reactive ketones (excluding diaryl/α,β-unsaturated/α-hetero) is 1. The molecule has 0 saturated heterocycles. The van der Waals surface area contributed by atoms with E-state index in [0.29, 0.717) is 6.42 Å². The minimum atomic E-state index is 0.0226. The van der Waals surface area contributed by atoms with Crippen molar-refractivity contribution in [3.8, 4) is 0 Å². The third-order valence-corrected chi connectivity index (χ3v) is 5.58. The van der Waals surface area contributed by atoms with Gasteiger partial charge in [-0.1, -0.05) is 31.4 Å². The molecule has 1 aromatic heterocycles. The summed E-state index contributed by atoms with van der Waals surface area (Å²) in [7, 11) is 2.00. The van der Waals surface area contributed by atoms with Gasteiger partial charge < -0.3 is 5.32 Å². The first-order chi connectivity index (χ1) is 9.74. The van der Waals surface area contributed by atoms with Gasteiger partial charge in [0.05, 0.1) is 0 Å². The van der Waals surface area contributed by atoms with Gasteiger partial charge in [-0.15, -0.1) is 11.3 Å². The first-order valence-corrected chi connectivity index (χ1v) is 8.30. The van der Waals surface area contributed by atoms with E-state index in [9.17, 15) is 4.79 Å². The molecule has 1 aliphatic rings. The number of thiophene rings is 1. The van der Waals surface area contributed by atoms with Crippen LogP contribution in [0.3, 0.4) is 0 Å². The van der Waals surface area contributed by atoms with E-state index < -0.39 is 0 Å². The highest BCUT2D eigenvalue weighted by Crippen LogP contribution is 2.33. The van der Waals surface area contributed by atoms with Crippen molar-refractivity contribution in [1.82, 2.24) is 5.32 Å². The number of nitrogens with one attached hydrogen (secondary N) is 1. The van der Waals surface area contributed by atoms with Crippen LogP contribution in [0.5, 0.6) is 0 Å². The van der Waals surface area contributed by atoms with Crippen molar-refractivity contribution in [2.75, 3.05) is 7.05 Å². The average Bonchev–Trinajstić information content (AvgIpc) is 2.96. The van der Waals surface area contributed by atoms with Crippen molar-refractivity contribution in [3.05, 3.63) is 35.2 Å². The molecule has 1 N–H and O–H groups in total. The van der Waals surface area contributed by atoms with E-state index in [1.54, 1.807) is 11.3 Å². The average molecular weight is 287 g/mol. The first kappa shape index (κ1) is 13.8. The van der Waals surface area contributed by atoms with Gasteiger partial charge in [-0.2, -0.15) is 0 Å². The van der Waals surface area contributed by atoms with Crippen LogP contribution in [0.4, 0.5) is 0 Å². The van der Waals surface area contributed by atoms with Crippen LogP contribution in [0, 0.1) is 0 Å². The maximum absolute atomic E-state index is 12.8. The van der Waals surface area contributed by atoms with Crippen LogP contribution in [0.25, 0.3) is 10.1 Å². The largest absolute Gasteiger partial charge is 0.314 e. The predicted molar refractivity (Wildman–Crippen MR) is 85.6 cm³/mol. The molecule has 1 heterocycles. The van der Waals surface area contributed by atoms with Gasteiger partial charge in [0.2, 0.25) is 0 Å². The van der Waals surface area contributed by atoms with Crippen molar-refractivity contribution in [2.24, 2.45) is 0 Å². The van der Waals surface area contributed by atoms with E-state index in [-0.39, 0.29) is 11.3 Å². The fourth-order valence-corrected chi connectivity index (χ4v) is 4.29. The van der Waals surface area contributed by atoms with Crippen LogP contribution in [0.1, 0.15) is 48.9 Å². The van der Waals surface area contributed by atoms with Gasteiger partial charge >= 0.3 is 0 Å². The second kappa shape index (κ2) is 5.66. The molecule has 0 unspecified atom stereocenters. The molecular formula is C17H21NOS. The molecule has 1 saturated carbocycles. The predicted octanol–water partition coefficient (Wildman–Crippen LogP) is 4.40. The smallest absolute Gasteiger partial charge is 0.166 e. The van der Waals surface area contributed by atoms with Crippen LogP contribution in [0.15, 0.2) is 29.6 Å².